The predicted octanol–water partition coefficient (Wildman–Crippen LogP) is 3.08. The van der Waals surface area contributed by atoms with Gasteiger partial charge in [0.2, 0.25) is 5.89 Å². The number of nitrogens with zero attached hydrogens (tertiary/aromatic N) is 3. The van der Waals surface area contributed by atoms with Gasteiger partial charge in [0, 0.05) is 19.1 Å². The molecule has 0 atom stereocenters. The number of likely N-dealkylation sites (tertiary alicyclic amines) is 1. The summed E-state index contributed by atoms with van der Waals surface area (Å²) in [6.45, 7) is 15.1. The summed E-state index contributed by atoms with van der Waals surface area (Å²) in [5.74, 6) is 3.37. The average molecular weight is 463 g/mol. The first-order chi connectivity index (χ1) is 11.5. The maximum Gasteiger partial charge on any atom is 0.208 e. The van der Waals surface area contributed by atoms with Crippen molar-refractivity contribution in [1.82, 2.24) is 20.5 Å². The molecule has 25 heavy (non-hydrogen) atoms. The van der Waals surface area contributed by atoms with E-state index in [1.54, 1.807) is 0 Å². The van der Waals surface area contributed by atoms with Crippen LogP contribution >= 0.6 is 24.0 Å². The van der Waals surface area contributed by atoms with Crippen molar-refractivity contribution >= 4 is 29.9 Å². The Morgan fingerprint density at radius 1 is 1.32 bits per heavy atom. The Balaban J connectivity index is 0.00000312. The van der Waals surface area contributed by atoms with Gasteiger partial charge in [0.05, 0.1) is 12.2 Å². The molecule has 2 heterocycles. The van der Waals surface area contributed by atoms with E-state index in [-0.39, 0.29) is 24.0 Å². The minimum Gasteiger partial charge on any atom is -0.444 e. The molecule has 6 nitrogen and oxygen atoms in total. The summed E-state index contributed by atoms with van der Waals surface area (Å²) in [5.41, 5.74) is 1.00. The van der Waals surface area contributed by atoms with E-state index in [2.05, 4.69) is 41.3 Å². The molecule has 1 fully saturated rings. The second-order valence-electron chi connectivity index (χ2n) is 6.99. The zero-order valence-corrected chi connectivity index (χ0v) is 18.6. The van der Waals surface area contributed by atoms with Gasteiger partial charge in [-0.15, -0.1) is 24.0 Å². The molecule has 1 aromatic heterocycles. The Hall–Kier alpha value is -0.830. The molecule has 0 bridgehead atoms. The Labute approximate surface area is 169 Å². The average Bonchev–Trinajstić information content (AvgIpc) is 2.84. The van der Waals surface area contributed by atoms with Crippen LogP contribution in [0.4, 0.5) is 0 Å². The largest absolute Gasteiger partial charge is 0.444 e. The van der Waals surface area contributed by atoms with Gasteiger partial charge in [-0.3, -0.25) is 9.89 Å². The van der Waals surface area contributed by atoms with Gasteiger partial charge in [-0.1, -0.05) is 0 Å². The van der Waals surface area contributed by atoms with Crippen molar-refractivity contribution in [1.29, 1.82) is 0 Å². The van der Waals surface area contributed by atoms with Crippen LogP contribution < -0.4 is 10.6 Å². The fourth-order valence-electron chi connectivity index (χ4n) is 2.94. The standard InChI is InChI=1S/C18H33N5O.HI/c1-6-19-18(21-13(2)3)20-11-16-7-9-23(10-8-16)12-17-22-14(4)15(5)24-17;/h13,16H,6-12H2,1-5H3,(H2,19,20,21);1H. The van der Waals surface area contributed by atoms with Gasteiger partial charge >= 0.3 is 0 Å². The number of guanidine groups is 1. The second-order valence-corrected chi connectivity index (χ2v) is 6.99. The molecule has 0 aliphatic carbocycles. The zero-order chi connectivity index (χ0) is 17.5. The van der Waals surface area contributed by atoms with Crippen LogP contribution in [0.3, 0.4) is 0 Å². The van der Waals surface area contributed by atoms with Crippen molar-refractivity contribution in [2.24, 2.45) is 10.9 Å². The molecular formula is C18H34IN5O. The van der Waals surface area contributed by atoms with Crippen molar-refractivity contribution in [2.75, 3.05) is 26.2 Å². The summed E-state index contributed by atoms with van der Waals surface area (Å²) in [5, 5.41) is 6.69. The summed E-state index contributed by atoms with van der Waals surface area (Å²) >= 11 is 0. The molecule has 1 aliphatic rings. The molecule has 1 aromatic rings. The molecular weight excluding hydrogens is 429 g/mol. The first-order valence-corrected chi connectivity index (χ1v) is 9.18. The molecule has 0 saturated carbocycles. The van der Waals surface area contributed by atoms with Crippen LogP contribution in [0, 0.1) is 19.8 Å². The van der Waals surface area contributed by atoms with Crippen LogP contribution in [0.25, 0.3) is 0 Å². The van der Waals surface area contributed by atoms with E-state index in [0.717, 1.165) is 56.0 Å². The van der Waals surface area contributed by atoms with Crippen LogP contribution in [-0.2, 0) is 6.54 Å². The Bertz CT molecular complexity index is 516. The number of aromatic nitrogens is 1. The lowest BCUT2D eigenvalue weighted by Crippen LogP contribution is -2.41. The van der Waals surface area contributed by atoms with E-state index in [0.29, 0.717) is 12.0 Å². The predicted molar refractivity (Wildman–Crippen MR) is 114 cm³/mol. The molecule has 2 N–H and O–H groups in total. The molecule has 144 valence electrons. The summed E-state index contributed by atoms with van der Waals surface area (Å²) in [6, 6.07) is 0.400. The Morgan fingerprint density at radius 3 is 2.52 bits per heavy atom. The number of hydrogen-bond donors (Lipinski definition) is 2. The van der Waals surface area contributed by atoms with Gasteiger partial charge in [0.15, 0.2) is 5.96 Å². The van der Waals surface area contributed by atoms with Crippen molar-refractivity contribution in [3.63, 3.8) is 0 Å². The number of aliphatic imine (C=N–C) groups is 1. The molecule has 0 aromatic carbocycles. The SMILES string of the molecule is CCNC(=NCC1CCN(Cc2nc(C)c(C)o2)CC1)NC(C)C.I. The first kappa shape index (κ1) is 22.2. The number of oxazole rings is 1. The topological polar surface area (TPSA) is 65.7 Å². The first-order valence-electron chi connectivity index (χ1n) is 9.18. The lowest BCUT2D eigenvalue weighted by Gasteiger charge is -2.30. The highest BCUT2D eigenvalue weighted by atomic mass is 127. The minimum atomic E-state index is 0. The second kappa shape index (κ2) is 11.0. The number of nitrogens with one attached hydrogen (secondary N) is 2. The molecule has 1 aliphatic heterocycles. The fraction of sp³-hybridized carbons (Fsp3) is 0.778. The lowest BCUT2D eigenvalue weighted by molar-refractivity contribution is 0.166. The molecule has 0 radical (unpaired) electrons. The van der Waals surface area contributed by atoms with Gasteiger partial charge in [-0.25, -0.2) is 4.98 Å². The summed E-state index contributed by atoms with van der Waals surface area (Å²) in [6.07, 6.45) is 2.37. The number of aryl methyl sites for hydroxylation is 2. The highest BCUT2D eigenvalue weighted by Gasteiger charge is 2.20. The van der Waals surface area contributed by atoms with Crippen molar-refractivity contribution in [3.05, 3.63) is 17.3 Å². The van der Waals surface area contributed by atoms with Crippen LogP contribution in [-0.4, -0.2) is 48.1 Å². The summed E-state index contributed by atoms with van der Waals surface area (Å²) in [7, 11) is 0. The number of rotatable bonds is 6. The molecule has 0 amide bonds. The lowest BCUT2D eigenvalue weighted by atomic mass is 9.97. The fourth-order valence-corrected chi connectivity index (χ4v) is 2.94. The van der Waals surface area contributed by atoms with Crippen LogP contribution in [0.5, 0.6) is 0 Å². The van der Waals surface area contributed by atoms with Crippen molar-refractivity contribution < 1.29 is 4.42 Å². The molecule has 2 rings (SSSR count). The highest BCUT2D eigenvalue weighted by Crippen LogP contribution is 2.20. The third kappa shape index (κ3) is 7.52. The van der Waals surface area contributed by atoms with E-state index < -0.39 is 0 Å². The maximum atomic E-state index is 5.70. The van der Waals surface area contributed by atoms with Gasteiger partial charge < -0.3 is 15.1 Å². The van der Waals surface area contributed by atoms with E-state index in [9.17, 15) is 0 Å². The molecule has 0 spiro atoms. The van der Waals surface area contributed by atoms with Gasteiger partial charge in [-0.05, 0) is 66.5 Å². The number of hydrogen-bond acceptors (Lipinski definition) is 4. The molecule has 1 saturated heterocycles. The van der Waals surface area contributed by atoms with E-state index in [4.69, 9.17) is 9.41 Å². The van der Waals surface area contributed by atoms with Gasteiger partial charge in [0.1, 0.15) is 5.76 Å². The monoisotopic (exact) mass is 463 g/mol. The highest BCUT2D eigenvalue weighted by molar-refractivity contribution is 14.0. The van der Waals surface area contributed by atoms with Crippen molar-refractivity contribution in [3.8, 4) is 0 Å². The van der Waals surface area contributed by atoms with Crippen LogP contribution in [0.1, 0.15) is 51.0 Å². The number of halogens is 1. The quantitative estimate of drug-likeness (QED) is 0.386. The normalized spacial score (nSPS) is 16.8. The third-order valence-corrected chi connectivity index (χ3v) is 4.42. The number of piperidine rings is 1. The summed E-state index contributed by atoms with van der Waals surface area (Å²) < 4.78 is 5.70. The van der Waals surface area contributed by atoms with Crippen molar-refractivity contribution in [2.45, 2.75) is 60.0 Å². The molecule has 0 unspecified atom stereocenters. The smallest absolute Gasteiger partial charge is 0.208 e. The zero-order valence-electron chi connectivity index (χ0n) is 16.3. The minimum absolute atomic E-state index is 0. The van der Waals surface area contributed by atoms with Gasteiger partial charge in [0.25, 0.3) is 0 Å². The Morgan fingerprint density at radius 2 is 2.00 bits per heavy atom. The van der Waals surface area contributed by atoms with Gasteiger partial charge in [-0.2, -0.15) is 0 Å². The Kier molecular flexibility index (Phi) is 9.78. The van der Waals surface area contributed by atoms with Crippen LogP contribution in [0.15, 0.2) is 9.41 Å². The third-order valence-electron chi connectivity index (χ3n) is 4.42. The van der Waals surface area contributed by atoms with E-state index in [1.807, 2.05) is 13.8 Å². The molecule has 7 heteroatoms. The summed E-state index contributed by atoms with van der Waals surface area (Å²) in [4.78, 5) is 11.7. The maximum absolute atomic E-state index is 5.70. The van der Waals surface area contributed by atoms with Crippen LogP contribution in [0.2, 0.25) is 0 Å². The van der Waals surface area contributed by atoms with E-state index >= 15 is 0 Å². The van der Waals surface area contributed by atoms with E-state index in [1.165, 1.54) is 12.8 Å².